The van der Waals surface area contributed by atoms with Gasteiger partial charge in [0, 0.05) is 29.4 Å². The summed E-state index contributed by atoms with van der Waals surface area (Å²) in [6.45, 7) is -0.113. The van der Waals surface area contributed by atoms with Crippen LogP contribution in [0.25, 0.3) is 11.3 Å². The van der Waals surface area contributed by atoms with E-state index in [4.69, 9.17) is 20.2 Å². The molecule has 358 valence electrons. The van der Waals surface area contributed by atoms with E-state index in [1.54, 1.807) is 48.5 Å². The summed E-state index contributed by atoms with van der Waals surface area (Å²) in [6.07, 6.45) is 7.22. The average molecular weight is 932 g/mol. The number of benzene rings is 5. The number of hydrogen-bond donors (Lipinski definition) is 8. The highest BCUT2D eigenvalue weighted by molar-refractivity contribution is 5.82. The second kappa shape index (κ2) is 17.7. The normalized spacial score (nSPS) is 27.5. The van der Waals surface area contributed by atoms with Crippen LogP contribution in [0, 0.1) is 29.6 Å². The minimum atomic E-state index is -1.10. The highest BCUT2D eigenvalue weighted by Gasteiger charge is 2.63. The highest BCUT2D eigenvalue weighted by atomic mass is 16.5. The van der Waals surface area contributed by atoms with Crippen molar-refractivity contribution in [3.8, 4) is 57.3 Å². The lowest BCUT2D eigenvalue weighted by molar-refractivity contribution is -0.136. The van der Waals surface area contributed by atoms with E-state index < -0.39 is 29.3 Å². The van der Waals surface area contributed by atoms with Crippen molar-refractivity contribution in [1.82, 2.24) is 4.98 Å². The van der Waals surface area contributed by atoms with Crippen molar-refractivity contribution in [3.05, 3.63) is 142 Å². The Morgan fingerprint density at radius 2 is 1.62 bits per heavy atom. The lowest BCUT2D eigenvalue weighted by atomic mass is 9.45. The number of rotatable bonds is 12. The number of phenolic OH excluding ortho intramolecular Hbond substituents is 6. The standard InChI is InChI=1S/C57H59N2O10/c58-29-69-49-21-30(12-16-46(49)63)11-15-45(62)40-23-33(22-32-13-14-36(61)26-47(32)64)39-24-34-25-44(57-18-4-3-10-43(57)38-17-19-59-53(38)37-8-1-2-9-42(37)57)51(52(39)54(40)66)41-27-48(65)55(67)56(50(34)41)68-28-31-6-5-7-35(60)20-31/h1-2,5-9,12-14,16-17,19-21,26-27,33-34,39-40,43-44,51-52,54,60-61,63-67H,3-4,10-11,15,18,22-25,28-29,58H2/q-1/t33-,34+,39-,40+,43-,44+,51+,52+,54-,57+/m0/s1. The number of carbonyl (C=O) groups is 1. The number of nitrogens with zero attached hydrogens (tertiary/aromatic N) is 1. The third-order valence-corrected chi connectivity index (χ3v) is 17.1. The number of aliphatic hydroxyl groups excluding tert-OH is 1. The molecule has 5 aromatic carbocycles. The van der Waals surface area contributed by atoms with E-state index >= 15 is 0 Å². The summed E-state index contributed by atoms with van der Waals surface area (Å²) < 4.78 is 12.0. The predicted octanol–water partition coefficient (Wildman–Crippen LogP) is 9.29. The van der Waals surface area contributed by atoms with Crippen LogP contribution in [0.3, 0.4) is 0 Å². The molecular formula is C57H59N2O10-. The summed E-state index contributed by atoms with van der Waals surface area (Å²) in [4.78, 5) is 19.9. The number of aromatic nitrogens is 1. The van der Waals surface area contributed by atoms with Crippen molar-refractivity contribution in [1.29, 1.82) is 0 Å². The van der Waals surface area contributed by atoms with Gasteiger partial charge in [0.25, 0.3) is 0 Å². The zero-order valence-corrected chi connectivity index (χ0v) is 38.4. The first kappa shape index (κ1) is 44.9. The van der Waals surface area contributed by atoms with Crippen LogP contribution in [0.4, 0.5) is 0 Å². The van der Waals surface area contributed by atoms with Gasteiger partial charge >= 0.3 is 0 Å². The minimum Gasteiger partial charge on any atom is -0.663 e. The molecule has 6 aliphatic carbocycles. The number of fused-ring (bicyclic) bond motifs is 8. The van der Waals surface area contributed by atoms with Crippen molar-refractivity contribution in [2.24, 2.45) is 35.3 Å². The smallest absolute Gasteiger partial charge is 0.200 e. The first-order chi connectivity index (χ1) is 33.4. The van der Waals surface area contributed by atoms with E-state index in [1.165, 1.54) is 23.3 Å². The second-order valence-electron chi connectivity index (χ2n) is 20.4. The third kappa shape index (κ3) is 7.54. The molecule has 6 aliphatic rings. The summed E-state index contributed by atoms with van der Waals surface area (Å²) in [6, 6.07) is 28.9. The molecule has 0 aliphatic heterocycles. The Kier molecular flexibility index (Phi) is 11.5. The largest absolute Gasteiger partial charge is 0.663 e. The number of nitrogens with two attached hydrogens (primary N) is 1. The first-order valence-corrected chi connectivity index (χ1v) is 24.5. The third-order valence-electron chi connectivity index (χ3n) is 17.1. The van der Waals surface area contributed by atoms with Crippen LogP contribution in [-0.2, 0) is 29.7 Å². The molecule has 0 saturated heterocycles. The van der Waals surface area contributed by atoms with Crippen LogP contribution in [0.1, 0.15) is 108 Å². The van der Waals surface area contributed by atoms with Gasteiger partial charge in [-0.25, -0.2) is 0 Å². The number of aliphatic hydroxyl groups is 1. The van der Waals surface area contributed by atoms with Crippen LogP contribution < -0.4 is 20.2 Å². The van der Waals surface area contributed by atoms with Gasteiger partial charge in [0.1, 0.15) is 36.4 Å². The van der Waals surface area contributed by atoms with E-state index in [9.17, 15) is 40.5 Å². The summed E-state index contributed by atoms with van der Waals surface area (Å²) in [5, 5.41) is 79.5. The Morgan fingerprint density at radius 3 is 2.45 bits per heavy atom. The summed E-state index contributed by atoms with van der Waals surface area (Å²) in [5.74, 6) is -2.74. The minimum absolute atomic E-state index is 0.0144. The molecule has 0 radical (unpaired) electrons. The number of ether oxygens (including phenoxy) is 2. The van der Waals surface area contributed by atoms with Gasteiger partial charge in [0.15, 0.2) is 23.0 Å². The Bertz CT molecular complexity index is 2930. The lowest BCUT2D eigenvalue weighted by Crippen LogP contribution is -2.54. The molecule has 12 nitrogen and oxygen atoms in total. The number of aromatic hydroxyl groups is 6. The topological polar surface area (TPSA) is 217 Å². The van der Waals surface area contributed by atoms with Gasteiger partial charge in [0.2, 0.25) is 5.75 Å². The van der Waals surface area contributed by atoms with Crippen molar-refractivity contribution in [3.63, 3.8) is 0 Å². The SMILES string of the molecule is NCOc1cc(CCC(=O)[C@H]2C[C@H](Cc3ccc(O)cc3O)[C@@H]3C[C@@H]4C[C@@H]([C@@]56CCCC[C@H]5c5cc[n-]c5-c5ccccc56)[C@@H](c5cc(O)c(O)c(OCc6cccc(O)c6)c54)[C@@H]3[C@H]2O)ccc1O. The quantitative estimate of drug-likeness (QED) is 0.0426. The fraction of sp³-hybridized carbons (Fsp3) is 0.386. The molecule has 12 rings (SSSR count). The van der Waals surface area contributed by atoms with E-state index in [1.807, 2.05) is 12.3 Å². The summed E-state index contributed by atoms with van der Waals surface area (Å²) >= 11 is 0. The van der Waals surface area contributed by atoms with Crippen LogP contribution in [-0.4, -0.2) is 54.4 Å². The molecule has 3 fully saturated rings. The molecule has 0 amide bonds. The molecule has 1 aromatic heterocycles. The zero-order chi connectivity index (χ0) is 47.7. The molecule has 1 heterocycles. The van der Waals surface area contributed by atoms with Gasteiger partial charge < -0.3 is 50.2 Å². The molecule has 10 atom stereocenters. The molecule has 0 spiro atoms. The van der Waals surface area contributed by atoms with Gasteiger partial charge in [-0.1, -0.05) is 73.0 Å². The van der Waals surface area contributed by atoms with Crippen LogP contribution in [0.5, 0.6) is 46.0 Å². The van der Waals surface area contributed by atoms with Crippen LogP contribution in [0.15, 0.2) is 103 Å². The number of aryl methyl sites for hydroxylation is 1. The molecule has 2 bridgehead atoms. The van der Waals surface area contributed by atoms with E-state index in [-0.39, 0.29) is 101 Å². The molecule has 9 N–H and O–H groups in total. The van der Waals surface area contributed by atoms with Crippen LogP contribution in [0.2, 0.25) is 0 Å². The highest BCUT2D eigenvalue weighted by Crippen LogP contribution is 2.71. The van der Waals surface area contributed by atoms with Gasteiger partial charge in [-0.15, -0.1) is 5.69 Å². The Balaban J connectivity index is 1.08. The van der Waals surface area contributed by atoms with Crippen molar-refractivity contribution in [2.75, 3.05) is 6.73 Å². The maximum Gasteiger partial charge on any atom is 0.200 e. The molecule has 0 unspecified atom stereocenters. The summed E-state index contributed by atoms with van der Waals surface area (Å²) in [7, 11) is 0. The number of phenols is 6. The van der Waals surface area contributed by atoms with Crippen molar-refractivity contribution in [2.45, 2.75) is 100 Å². The van der Waals surface area contributed by atoms with Crippen molar-refractivity contribution >= 4 is 5.78 Å². The number of carbonyl (C=O) groups excluding carboxylic acids is 1. The van der Waals surface area contributed by atoms with Gasteiger partial charge in [0.05, 0.1) is 6.10 Å². The summed E-state index contributed by atoms with van der Waals surface area (Å²) in [5.41, 5.74) is 13.5. The van der Waals surface area contributed by atoms with E-state index in [2.05, 4.69) is 30.3 Å². The predicted molar refractivity (Wildman–Crippen MR) is 258 cm³/mol. The number of ketones is 1. The maximum atomic E-state index is 15.0. The van der Waals surface area contributed by atoms with E-state index in [0.29, 0.717) is 43.2 Å². The molecule has 3 saturated carbocycles. The molecule has 12 heteroatoms. The monoisotopic (exact) mass is 931 g/mol. The molecule has 69 heavy (non-hydrogen) atoms. The lowest BCUT2D eigenvalue weighted by Gasteiger charge is -2.59. The maximum absolute atomic E-state index is 15.0. The molecular weight excluding hydrogens is 873 g/mol. The second-order valence-corrected chi connectivity index (χ2v) is 20.4. The Hall–Kier alpha value is -6.63. The average Bonchev–Trinajstić information content (AvgIpc) is 3.72. The zero-order valence-electron chi connectivity index (χ0n) is 38.4. The number of Topliss-reactive ketones (excluding diaryl/α,β-unsaturated/α-hetero) is 1. The van der Waals surface area contributed by atoms with Gasteiger partial charge in [-0.3, -0.25) is 10.5 Å². The van der Waals surface area contributed by atoms with Crippen LogP contribution >= 0.6 is 0 Å². The van der Waals surface area contributed by atoms with Gasteiger partial charge in [-0.05, 0) is 156 Å². The molecule has 6 aromatic rings. The number of hydrogen-bond acceptors (Lipinski definition) is 11. The van der Waals surface area contributed by atoms with Crippen molar-refractivity contribution < 1.29 is 50.0 Å². The van der Waals surface area contributed by atoms with Gasteiger partial charge in [-0.2, -0.15) is 6.20 Å². The Morgan fingerprint density at radius 1 is 0.783 bits per heavy atom. The Labute approximate surface area is 401 Å². The van der Waals surface area contributed by atoms with E-state index in [0.717, 1.165) is 53.6 Å². The fourth-order valence-electron chi connectivity index (χ4n) is 14.4. The first-order valence-electron chi connectivity index (χ1n) is 24.5. The fourth-order valence-corrected chi connectivity index (χ4v) is 14.4.